The Kier molecular flexibility index (Phi) is 4.99. The van der Waals surface area contributed by atoms with Gasteiger partial charge >= 0.3 is 0 Å². The van der Waals surface area contributed by atoms with Gasteiger partial charge in [-0.05, 0) is 24.4 Å². The number of methoxy groups -OCH3 is 1. The smallest absolute Gasteiger partial charge is 0.200 e. The molecule has 0 amide bonds. The van der Waals surface area contributed by atoms with Gasteiger partial charge in [0.2, 0.25) is 5.82 Å². The lowest BCUT2D eigenvalue weighted by molar-refractivity contribution is 0.382. The van der Waals surface area contributed by atoms with Gasteiger partial charge in [-0.2, -0.15) is 0 Å². The minimum Gasteiger partial charge on any atom is -0.497 e. The second-order valence-corrected chi connectivity index (χ2v) is 4.66. The van der Waals surface area contributed by atoms with Crippen molar-refractivity contribution >= 4 is 28.7 Å². The summed E-state index contributed by atoms with van der Waals surface area (Å²) in [5, 5.41) is 4.14. The highest BCUT2D eigenvalue weighted by Gasteiger charge is 2.26. The van der Waals surface area contributed by atoms with Crippen molar-refractivity contribution in [1.29, 1.82) is 0 Å². The molecule has 0 unspecified atom stereocenters. The predicted molar refractivity (Wildman–Crippen MR) is 79.1 cm³/mol. The molecule has 2 rings (SSSR count). The number of anilines is 2. The maximum atomic E-state index is 13.5. The maximum Gasteiger partial charge on any atom is 0.200 e. The molecule has 0 aromatic heterocycles. The van der Waals surface area contributed by atoms with Crippen LogP contribution in [0.4, 0.5) is 33.3 Å². The summed E-state index contributed by atoms with van der Waals surface area (Å²) in [6.45, 7) is 0. The summed E-state index contributed by atoms with van der Waals surface area (Å²) in [5.74, 6) is -9.88. The fourth-order valence-electron chi connectivity index (χ4n) is 1.69. The SMILES string of the molecule is COc1cccc(NC(=S)Nc2c(F)c(F)c(F)c(F)c2F)c1. The van der Waals surface area contributed by atoms with Gasteiger partial charge in [0.25, 0.3) is 0 Å². The summed E-state index contributed by atoms with van der Waals surface area (Å²) in [4.78, 5) is 0. The van der Waals surface area contributed by atoms with E-state index in [1.54, 1.807) is 18.2 Å². The van der Waals surface area contributed by atoms with Gasteiger partial charge in [0, 0.05) is 11.8 Å². The summed E-state index contributed by atoms with van der Waals surface area (Å²) in [6, 6.07) is 6.34. The van der Waals surface area contributed by atoms with E-state index in [2.05, 4.69) is 5.32 Å². The van der Waals surface area contributed by atoms with Crippen molar-refractivity contribution in [3.8, 4) is 5.75 Å². The Balaban J connectivity index is 2.24. The van der Waals surface area contributed by atoms with Crippen LogP contribution in [-0.4, -0.2) is 12.2 Å². The first kappa shape index (κ1) is 16.9. The zero-order valence-corrected chi connectivity index (χ0v) is 12.3. The summed E-state index contributed by atoms with van der Waals surface area (Å²) in [5.41, 5.74) is -0.840. The summed E-state index contributed by atoms with van der Waals surface area (Å²) >= 11 is 4.80. The van der Waals surface area contributed by atoms with E-state index >= 15 is 0 Å². The van der Waals surface area contributed by atoms with E-state index in [-0.39, 0.29) is 5.11 Å². The zero-order chi connectivity index (χ0) is 17.1. The lowest BCUT2D eigenvalue weighted by Crippen LogP contribution is -2.22. The highest BCUT2D eigenvalue weighted by Crippen LogP contribution is 2.27. The van der Waals surface area contributed by atoms with Crippen LogP contribution in [0.25, 0.3) is 0 Å². The van der Waals surface area contributed by atoms with Crippen molar-refractivity contribution < 1.29 is 26.7 Å². The lowest BCUT2D eigenvalue weighted by atomic mass is 10.2. The van der Waals surface area contributed by atoms with Crippen LogP contribution in [0, 0.1) is 29.1 Å². The van der Waals surface area contributed by atoms with Crippen LogP contribution >= 0.6 is 12.2 Å². The molecule has 0 aliphatic heterocycles. The van der Waals surface area contributed by atoms with Crippen molar-refractivity contribution in [3.05, 3.63) is 53.4 Å². The van der Waals surface area contributed by atoms with Gasteiger partial charge in [0.15, 0.2) is 28.4 Å². The van der Waals surface area contributed by atoms with Gasteiger partial charge in [-0.15, -0.1) is 0 Å². The second kappa shape index (κ2) is 6.78. The number of benzene rings is 2. The van der Waals surface area contributed by atoms with E-state index < -0.39 is 34.8 Å². The van der Waals surface area contributed by atoms with Crippen molar-refractivity contribution in [3.63, 3.8) is 0 Å². The average Bonchev–Trinajstić information content (AvgIpc) is 2.55. The van der Waals surface area contributed by atoms with Crippen LogP contribution in [-0.2, 0) is 0 Å². The zero-order valence-electron chi connectivity index (χ0n) is 11.5. The van der Waals surface area contributed by atoms with Crippen LogP contribution in [0.2, 0.25) is 0 Å². The number of hydrogen-bond acceptors (Lipinski definition) is 2. The normalized spacial score (nSPS) is 10.3. The molecular formula is C14H9F5N2OS. The number of nitrogens with one attached hydrogen (secondary N) is 2. The van der Waals surface area contributed by atoms with Crippen molar-refractivity contribution in [2.45, 2.75) is 0 Å². The first-order valence-corrected chi connectivity index (χ1v) is 6.49. The molecular weight excluding hydrogens is 339 g/mol. The van der Waals surface area contributed by atoms with Crippen molar-refractivity contribution in [2.75, 3.05) is 17.7 Å². The fourth-order valence-corrected chi connectivity index (χ4v) is 1.91. The van der Waals surface area contributed by atoms with Gasteiger partial charge in [0.1, 0.15) is 11.4 Å². The molecule has 2 N–H and O–H groups in total. The Hall–Kier alpha value is -2.42. The molecule has 0 aliphatic carbocycles. The first-order valence-electron chi connectivity index (χ1n) is 6.08. The van der Waals surface area contributed by atoms with E-state index in [9.17, 15) is 22.0 Å². The van der Waals surface area contributed by atoms with E-state index in [1.165, 1.54) is 13.2 Å². The number of thiocarbonyl (C=S) groups is 1. The monoisotopic (exact) mass is 348 g/mol. The van der Waals surface area contributed by atoms with Gasteiger partial charge in [-0.25, -0.2) is 22.0 Å². The molecule has 0 atom stereocenters. The second-order valence-electron chi connectivity index (χ2n) is 4.26. The van der Waals surface area contributed by atoms with Gasteiger partial charge < -0.3 is 15.4 Å². The molecule has 0 bridgehead atoms. The molecule has 0 radical (unpaired) electrons. The topological polar surface area (TPSA) is 33.3 Å². The molecule has 0 aliphatic rings. The van der Waals surface area contributed by atoms with Crippen molar-refractivity contribution in [1.82, 2.24) is 0 Å². The molecule has 122 valence electrons. The molecule has 23 heavy (non-hydrogen) atoms. The van der Waals surface area contributed by atoms with Crippen LogP contribution in [0.3, 0.4) is 0 Å². The number of hydrogen-bond donors (Lipinski definition) is 2. The average molecular weight is 348 g/mol. The number of halogens is 5. The van der Waals surface area contributed by atoms with Crippen LogP contribution in [0.5, 0.6) is 5.75 Å². The Morgan fingerprint density at radius 2 is 1.48 bits per heavy atom. The Morgan fingerprint density at radius 1 is 0.913 bits per heavy atom. The third-order valence-electron chi connectivity index (χ3n) is 2.78. The van der Waals surface area contributed by atoms with Crippen LogP contribution < -0.4 is 15.4 Å². The molecule has 0 saturated carbocycles. The first-order chi connectivity index (χ1) is 10.8. The Bertz CT molecular complexity index is 740. The fraction of sp³-hybridized carbons (Fsp3) is 0.0714. The predicted octanol–water partition coefficient (Wildman–Crippen LogP) is 4.20. The van der Waals surface area contributed by atoms with E-state index in [1.807, 2.05) is 5.32 Å². The van der Waals surface area contributed by atoms with E-state index in [4.69, 9.17) is 17.0 Å². The molecule has 0 saturated heterocycles. The Labute approximate surface area is 133 Å². The minimum absolute atomic E-state index is 0.360. The summed E-state index contributed by atoms with van der Waals surface area (Å²) in [6.07, 6.45) is 0. The molecule has 0 heterocycles. The van der Waals surface area contributed by atoms with Crippen LogP contribution in [0.15, 0.2) is 24.3 Å². The molecule has 3 nitrogen and oxygen atoms in total. The van der Waals surface area contributed by atoms with Gasteiger partial charge in [0.05, 0.1) is 7.11 Å². The van der Waals surface area contributed by atoms with Crippen molar-refractivity contribution in [2.24, 2.45) is 0 Å². The molecule has 9 heteroatoms. The summed E-state index contributed by atoms with van der Waals surface area (Å²) in [7, 11) is 1.44. The van der Waals surface area contributed by atoms with E-state index in [0.717, 1.165) is 0 Å². The molecule has 2 aromatic rings. The standard InChI is InChI=1S/C14H9F5N2OS/c1-22-7-4-2-3-6(5-7)20-14(23)21-13-11(18)9(16)8(15)10(17)12(13)19/h2-5H,1H3,(H2,20,21,23). The molecule has 0 fully saturated rings. The van der Waals surface area contributed by atoms with Gasteiger partial charge in [-0.1, -0.05) is 6.07 Å². The highest BCUT2D eigenvalue weighted by atomic mass is 32.1. The number of ether oxygens (including phenoxy) is 1. The lowest BCUT2D eigenvalue weighted by Gasteiger charge is -2.13. The molecule has 0 spiro atoms. The minimum atomic E-state index is -2.24. The summed E-state index contributed by atoms with van der Waals surface area (Å²) < 4.78 is 71.2. The number of rotatable bonds is 3. The molecule has 2 aromatic carbocycles. The van der Waals surface area contributed by atoms with Gasteiger partial charge in [-0.3, -0.25) is 0 Å². The highest BCUT2D eigenvalue weighted by molar-refractivity contribution is 7.80. The quantitative estimate of drug-likeness (QED) is 0.377. The third-order valence-corrected chi connectivity index (χ3v) is 2.98. The Morgan fingerprint density at radius 3 is 2.04 bits per heavy atom. The third kappa shape index (κ3) is 3.50. The maximum absolute atomic E-state index is 13.5. The van der Waals surface area contributed by atoms with Crippen LogP contribution in [0.1, 0.15) is 0 Å². The largest absolute Gasteiger partial charge is 0.497 e. The van der Waals surface area contributed by atoms with E-state index in [0.29, 0.717) is 11.4 Å².